The first-order chi connectivity index (χ1) is 26.1. The topological polar surface area (TPSA) is 99.1 Å². The summed E-state index contributed by atoms with van der Waals surface area (Å²) < 4.78 is 17.2. The van der Waals surface area contributed by atoms with Crippen LogP contribution in [-0.2, 0) is 28.6 Å². The highest BCUT2D eigenvalue weighted by Crippen LogP contribution is 2.13. The second-order valence-corrected chi connectivity index (χ2v) is 16.0. The maximum Gasteiger partial charge on any atom is 0.362 e. The Labute approximate surface area is 332 Å². The molecule has 314 valence electrons. The molecule has 0 fully saturated rings. The highest BCUT2D eigenvalue weighted by atomic mass is 16.6. The van der Waals surface area contributed by atoms with E-state index in [4.69, 9.17) is 14.2 Å². The summed E-state index contributed by atoms with van der Waals surface area (Å²) >= 11 is 0. The number of carboxylic acids is 1. The normalized spacial score (nSPS) is 13.3. The van der Waals surface area contributed by atoms with Crippen molar-refractivity contribution in [2.24, 2.45) is 0 Å². The fraction of sp³-hybridized carbons (Fsp3) is 0.804. The molecule has 0 radical (unpaired) electrons. The number of allylic oxidation sites excluding steroid dienone is 6. The number of carboxylic acid groups (broad SMARTS) is 1. The number of nitrogens with zero attached hydrogens (tertiary/aromatic N) is 1. The van der Waals surface area contributed by atoms with Crippen LogP contribution in [0, 0.1) is 0 Å². The number of aliphatic carboxylic acids is 1. The van der Waals surface area contributed by atoms with Crippen molar-refractivity contribution in [3.63, 3.8) is 0 Å². The van der Waals surface area contributed by atoms with Gasteiger partial charge in [-0.05, 0) is 64.2 Å². The van der Waals surface area contributed by atoms with Gasteiger partial charge in [-0.25, -0.2) is 4.79 Å². The molecule has 2 atom stereocenters. The molecule has 0 aliphatic heterocycles. The number of likely N-dealkylation sites (N-methyl/N-ethyl adjacent to an activating group) is 1. The highest BCUT2D eigenvalue weighted by Gasteiger charge is 2.31. The van der Waals surface area contributed by atoms with Crippen LogP contribution in [0.25, 0.3) is 0 Å². The lowest BCUT2D eigenvalue weighted by Gasteiger charge is -2.31. The van der Waals surface area contributed by atoms with Crippen molar-refractivity contribution in [2.45, 2.75) is 199 Å². The average molecular weight is 763 g/mol. The predicted octanol–water partition coefficient (Wildman–Crippen LogP) is 11.9. The van der Waals surface area contributed by atoms with E-state index >= 15 is 0 Å². The first-order valence-electron chi connectivity index (χ1n) is 22.0. The zero-order chi connectivity index (χ0) is 40.0. The van der Waals surface area contributed by atoms with Gasteiger partial charge >= 0.3 is 17.9 Å². The molecule has 54 heavy (non-hydrogen) atoms. The van der Waals surface area contributed by atoms with Crippen LogP contribution >= 0.6 is 0 Å². The minimum Gasteiger partial charge on any atom is -0.477 e. The van der Waals surface area contributed by atoms with E-state index < -0.39 is 18.1 Å². The lowest BCUT2D eigenvalue weighted by Crippen LogP contribution is -2.50. The summed E-state index contributed by atoms with van der Waals surface area (Å²) in [6.45, 7) is 4.68. The lowest BCUT2D eigenvalue weighted by atomic mass is 10.1. The molecule has 2 unspecified atom stereocenters. The van der Waals surface area contributed by atoms with Gasteiger partial charge < -0.3 is 23.8 Å². The van der Waals surface area contributed by atoms with E-state index in [9.17, 15) is 19.5 Å². The number of quaternary nitrogens is 1. The zero-order valence-electron chi connectivity index (χ0n) is 35.7. The maximum atomic E-state index is 12.7. The monoisotopic (exact) mass is 763 g/mol. The van der Waals surface area contributed by atoms with Gasteiger partial charge in [-0.3, -0.25) is 9.59 Å². The summed E-state index contributed by atoms with van der Waals surface area (Å²) in [6.07, 6.45) is 41.9. The molecule has 0 aromatic heterocycles. The Bertz CT molecular complexity index is 984. The van der Waals surface area contributed by atoms with Gasteiger partial charge in [0.05, 0.1) is 34.4 Å². The van der Waals surface area contributed by atoms with Crippen LogP contribution < -0.4 is 0 Å². The Morgan fingerprint density at radius 1 is 0.556 bits per heavy atom. The third-order valence-electron chi connectivity index (χ3n) is 9.79. The SMILES string of the molecule is CCCCCCCCC/C=C/C=C/CCCCCC(=O)OC(COCCC(C(=O)O)[N+](C)(C)C)COC(=O)CCCCC/C=C/CCCCCCCCC. The standard InChI is InChI=1S/C46H83NO7/c1-6-8-10-12-14-16-18-20-22-23-25-27-29-31-33-35-37-45(49)54-42(40-52-39-38-43(46(50)51)47(3,4)5)41-53-44(48)36-34-32-30-28-26-24-21-19-17-15-13-11-9-7-2/h22-27,42-43H,6-21,28-41H2,1-5H3/p+1/b23-22+,26-24+,27-25+. The van der Waals surface area contributed by atoms with Gasteiger partial charge in [0.2, 0.25) is 0 Å². The Hall–Kier alpha value is -2.45. The molecule has 0 aromatic carbocycles. The molecule has 0 aliphatic carbocycles. The molecule has 0 spiro atoms. The maximum absolute atomic E-state index is 12.7. The fourth-order valence-electron chi connectivity index (χ4n) is 6.31. The van der Waals surface area contributed by atoms with Crippen molar-refractivity contribution in [2.75, 3.05) is 41.0 Å². The molecular weight excluding hydrogens is 679 g/mol. The number of hydrogen-bond donors (Lipinski definition) is 1. The van der Waals surface area contributed by atoms with Gasteiger partial charge in [0.15, 0.2) is 12.1 Å². The lowest BCUT2D eigenvalue weighted by molar-refractivity contribution is -0.887. The summed E-state index contributed by atoms with van der Waals surface area (Å²) in [5.41, 5.74) is 0. The number of hydrogen-bond acceptors (Lipinski definition) is 6. The zero-order valence-corrected chi connectivity index (χ0v) is 35.7. The molecule has 0 saturated carbocycles. The van der Waals surface area contributed by atoms with Crippen LogP contribution in [-0.4, -0.2) is 80.6 Å². The Morgan fingerprint density at radius 3 is 1.44 bits per heavy atom. The van der Waals surface area contributed by atoms with Gasteiger partial charge in [0, 0.05) is 19.3 Å². The van der Waals surface area contributed by atoms with Gasteiger partial charge in [0.1, 0.15) is 6.61 Å². The molecule has 0 heterocycles. The summed E-state index contributed by atoms with van der Waals surface area (Å²) in [5.74, 6) is -1.52. The Balaban J connectivity index is 4.42. The number of carbonyl (C=O) groups is 3. The van der Waals surface area contributed by atoms with E-state index in [-0.39, 0.29) is 36.2 Å². The van der Waals surface area contributed by atoms with Crippen LogP contribution in [0.5, 0.6) is 0 Å². The number of carbonyl (C=O) groups excluding carboxylic acids is 2. The molecule has 0 amide bonds. The molecule has 0 saturated heterocycles. The van der Waals surface area contributed by atoms with E-state index in [0.29, 0.717) is 19.3 Å². The number of rotatable bonds is 39. The van der Waals surface area contributed by atoms with Crippen molar-refractivity contribution in [3.05, 3.63) is 36.5 Å². The van der Waals surface area contributed by atoms with Gasteiger partial charge in [-0.15, -0.1) is 0 Å². The van der Waals surface area contributed by atoms with Gasteiger partial charge in [0.25, 0.3) is 0 Å². The smallest absolute Gasteiger partial charge is 0.362 e. The van der Waals surface area contributed by atoms with Crippen LogP contribution in [0.3, 0.4) is 0 Å². The Morgan fingerprint density at radius 2 is 0.981 bits per heavy atom. The van der Waals surface area contributed by atoms with Crippen LogP contribution in [0.2, 0.25) is 0 Å². The van der Waals surface area contributed by atoms with Crippen LogP contribution in [0.1, 0.15) is 187 Å². The molecule has 0 aliphatic rings. The molecule has 0 bridgehead atoms. The van der Waals surface area contributed by atoms with Crippen molar-refractivity contribution >= 4 is 17.9 Å². The van der Waals surface area contributed by atoms with Crippen molar-refractivity contribution in [3.8, 4) is 0 Å². The van der Waals surface area contributed by atoms with Gasteiger partial charge in [-0.2, -0.15) is 0 Å². The first kappa shape index (κ1) is 51.5. The first-order valence-corrected chi connectivity index (χ1v) is 22.0. The van der Waals surface area contributed by atoms with E-state index in [2.05, 4.69) is 50.3 Å². The van der Waals surface area contributed by atoms with Crippen molar-refractivity contribution < 1.29 is 38.2 Å². The number of ether oxygens (including phenoxy) is 3. The number of unbranched alkanes of at least 4 members (excludes halogenated alkanes) is 20. The molecule has 0 rings (SSSR count). The fourth-order valence-corrected chi connectivity index (χ4v) is 6.31. The average Bonchev–Trinajstić information content (AvgIpc) is 3.12. The molecule has 1 N–H and O–H groups in total. The second-order valence-electron chi connectivity index (χ2n) is 16.0. The summed E-state index contributed by atoms with van der Waals surface area (Å²) in [5, 5.41) is 9.61. The predicted molar refractivity (Wildman–Crippen MR) is 225 cm³/mol. The summed E-state index contributed by atoms with van der Waals surface area (Å²) in [7, 11) is 5.51. The van der Waals surface area contributed by atoms with E-state index in [1.165, 1.54) is 89.9 Å². The number of esters is 2. The second kappa shape index (κ2) is 37.5. The highest BCUT2D eigenvalue weighted by molar-refractivity contribution is 5.72. The van der Waals surface area contributed by atoms with E-state index in [1.807, 2.05) is 21.1 Å². The Kier molecular flexibility index (Phi) is 35.8. The third kappa shape index (κ3) is 35.3. The largest absolute Gasteiger partial charge is 0.477 e. The van der Waals surface area contributed by atoms with E-state index in [1.54, 1.807) is 0 Å². The molecule has 8 nitrogen and oxygen atoms in total. The minimum absolute atomic E-state index is 0.0466. The van der Waals surface area contributed by atoms with Crippen LogP contribution in [0.15, 0.2) is 36.5 Å². The molecule has 8 heteroatoms. The van der Waals surface area contributed by atoms with Crippen molar-refractivity contribution in [1.29, 1.82) is 0 Å². The molecular formula is C46H84NO7+. The molecule has 0 aromatic rings. The minimum atomic E-state index is -0.881. The van der Waals surface area contributed by atoms with Crippen molar-refractivity contribution in [1.82, 2.24) is 0 Å². The quantitative estimate of drug-likeness (QED) is 0.0219. The van der Waals surface area contributed by atoms with Gasteiger partial charge in [-0.1, -0.05) is 140 Å². The summed E-state index contributed by atoms with van der Waals surface area (Å²) in [6, 6.07) is -0.620. The summed E-state index contributed by atoms with van der Waals surface area (Å²) in [4.78, 5) is 36.9. The van der Waals surface area contributed by atoms with E-state index in [0.717, 1.165) is 64.2 Å². The third-order valence-corrected chi connectivity index (χ3v) is 9.79. The van der Waals surface area contributed by atoms with Crippen LogP contribution in [0.4, 0.5) is 0 Å².